The third-order valence-electron chi connectivity index (χ3n) is 5.26. The zero-order valence-corrected chi connectivity index (χ0v) is 19.7. The summed E-state index contributed by atoms with van der Waals surface area (Å²) in [5.41, 5.74) is 4.84. The number of para-hydroxylation sites is 1. The van der Waals surface area contributed by atoms with Gasteiger partial charge >= 0.3 is 0 Å². The molecule has 4 nitrogen and oxygen atoms in total. The molecule has 0 fully saturated rings. The van der Waals surface area contributed by atoms with Gasteiger partial charge in [0.1, 0.15) is 0 Å². The molecule has 5 heteroatoms. The highest BCUT2D eigenvalue weighted by atomic mass is 32.2. The van der Waals surface area contributed by atoms with Gasteiger partial charge in [0, 0.05) is 16.3 Å². The SMILES string of the molecule is CCc1cccc(C)c1NC(=O)C(CC)Sc1cccc(NC(=O)Cc2ccccc2)c1. The van der Waals surface area contributed by atoms with Crippen LogP contribution < -0.4 is 10.6 Å². The van der Waals surface area contributed by atoms with E-state index in [1.54, 1.807) is 0 Å². The number of hydrogen-bond donors (Lipinski definition) is 2. The molecule has 0 aliphatic carbocycles. The third kappa shape index (κ3) is 6.47. The molecule has 3 aromatic rings. The minimum absolute atomic E-state index is 0.0000150. The Morgan fingerprint density at radius 2 is 1.66 bits per heavy atom. The second-order valence-corrected chi connectivity index (χ2v) is 8.98. The third-order valence-corrected chi connectivity index (χ3v) is 6.61. The maximum atomic E-state index is 13.0. The van der Waals surface area contributed by atoms with E-state index in [-0.39, 0.29) is 17.1 Å². The number of hydrogen-bond acceptors (Lipinski definition) is 3. The second-order valence-electron chi connectivity index (χ2n) is 7.70. The van der Waals surface area contributed by atoms with E-state index in [2.05, 4.69) is 23.6 Å². The summed E-state index contributed by atoms with van der Waals surface area (Å²) in [6, 6.07) is 23.4. The molecule has 0 radical (unpaired) electrons. The summed E-state index contributed by atoms with van der Waals surface area (Å²) in [7, 11) is 0. The highest BCUT2D eigenvalue weighted by Gasteiger charge is 2.20. The van der Waals surface area contributed by atoms with E-state index >= 15 is 0 Å². The Kier molecular flexibility index (Phi) is 8.51. The van der Waals surface area contributed by atoms with Crippen molar-refractivity contribution in [1.82, 2.24) is 0 Å². The molecule has 0 heterocycles. The van der Waals surface area contributed by atoms with Crippen LogP contribution in [0.5, 0.6) is 0 Å². The van der Waals surface area contributed by atoms with Crippen LogP contribution in [0.2, 0.25) is 0 Å². The van der Waals surface area contributed by atoms with E-state index in [9.17, 15) is 9.59 Å². The van der Waals surface area contributed by atoms with E-state index in [1.807, 2.05) is 80.6 Å². The van der Waals surface area contributed by atoms with Crippen LogP contribution in [-0.4, -0.2) is 17.1 Å². The Morgan fingerprint density at radius 1 is 0.906 bits per heavy atom. The molecule has 0 spiro atoms. The van der Waals surface area contributed by atoms with Crippen molar-refractivity contribution in [3.05, 3.63) is 89.5 Å². The first-order valence-electron chi connectivity index (χ1n) is 11.0. The lowest BCUT2D eigenvalue weighted by molar-refractivity contribution is -0.116. The molecule has 2 amide bonds. The van der Waals surface area contributed by atoms with Crippen LogP contribution in [0.1, 0.15) is 37.0 Å². The smallest absolute Gasteiger partial charge is 0.237 e. The lowest BCUT2D eigenvalue weighted by Gasteiger charge is -2.18. The molecule has 2 N–H and O–H groups in total. The largest absolute Gasteiger partial charge is 0.326 e. The molecule has 1 unspecified atom stereocenters. The molecule has 0 saturated heterocycles. The number of carbonyl (C=O) groups is 2. The lowest BCUT2D eigenvalue weighted by atomic mass is 10.1. The Bertz CT molecular complexity index is 1070. The first kappa shape index (κ1) is 23.6. The molecule has 3 aromatic carbocycles. The summed E-state index contributed by atoms with van der Waals surface area (Å²) in [5, 5.41) is 5.88. The van der Waals surface area contributed by atoms with Gasteiger partial charge in [0.05, 0.1) is 11.7 Å². The zero-order valence-electron chi connectivity index (χ0n) is 18.9. The van der Waals surface area contributed by atoms with Gasteiger partial charge in [0.2, 0.25) is 11.8 Å². The number of anilines is 2. The maximum absolute atomic E-state index is 13.0. The summed E-state index contributed by atoms with van der Waals surface area (Å²) in [6.07, 6.45) is 1.90. The average Bonchev–Trinajstić information content (AvgIpc) is 2.79. The predicted molar refractivity (Wildman–Crippen MR) is 134 cm³/mol. The van der Waals surface area contributed by atoms with Crippen molar-refractivity contribution in [2.45, 2.75) is 50.2 Å². The number of carbonyl (C=O) groups excluding carboxylic acids is 2. The Balaban J connectivity index is 1.65. The predicted octanol–water partition coefficient (Wildman–Crippen LogP) is 6.25. The first-order valence-corrected chi connectivity index (χ1v) is 11.9. The fraction of sp³-hybridized carbons (Fsp3) is 0.259. The monoisotopic (exact) mass is 446 g/mol. The Hall–Kier alpha value is -3.05. The van der Waals surface area contributed by atoms with Gasteiger partial charge in [-0.2, -0.15) is 0 Å². The Morgan fingerprint density at radius 3 is 2.38 bits per heavy atom. The van der Waals surface area contributed by atoms with Crippen molar-refractivity contribution in [2.75, 3.05) is 10.6 Å². The molecular weight excluding hydrogens is 416 g/mol. The summed E-state index contributed by atoms with van der Waals surface area (Å²) in [6.45, 7) is 6.12. The quantitative estimate of drug-likeness (QED) is 0.382. The summed E-state index contributed by atoms with van der Waals surface area (Å²) in [4.78, 5) is 26.4. The minimum Gasteiger partial charge on any atom is -0.326 e. The van der Waals surface area contributed by atoms with E-state index < -0.39 is 0 Å². The molecule has 3 rings (SSSR count). The molecule has 0 aromatic heterocycles. The van der Waals surface area contributed by atoms with Crippen LogP contribution >= 0.6 is 11.8 Å². The van der Waals surface area contributed by atoms with Gasteiger partial charge < -0.3 is 10.6 Å². The van der Waals surface area contributed by atoms with E-state index in [4.69, 9.17) is 0 Å². The molecule has 32 heavy (non-hydrogen) atoms. The highest BCUT2D eigenvalue weighted by molar-refractivity contribution is 8.00. The second kappa shape index (κ2) is 11.5. The number of thioether (sulfide) groups is 1. The zero-order chi connectivity index (χ0) is 22.9. The summed E-state index contributed by atoms with van der Waals surface area (Å²) in [5.74, 6) is -0.0604. The van der Waals surface area contributed by atoms with Crippen LogP contribution in [0, 0.1) is 6.92 Å². The van der Waals surface area contributed by atoms with Gasteiger partial charge in [-0.1, -0.05) is 68.4 Å². The maximum Gasteiger partial charge on any atom is 0.237 e. The van der Waals surface area contributed by atoms with Crippen molar-refractivity contribution < 1.29 is 9.59 Å². The average molecular weight is 447 g/mol. The van der Waals surface area contributed by atoms with Gasteiger partial charge in [0.15, 0.2) is 0 Å². The van der Waals surface area contributed by atoms with Gasteiger partial charge in [0.25, 0.3) is 0 Å². The topological polar surface area (TPSA) is 58.2 Å². The van der Waals surface area contributed by atoms with Crippen molar-refractivity contribution in [3.8, 4) is 0 Å². The summed E-state index contributed by atoms with van der Waals surface area (Å²) < 4.78 is 0. The highest BCUT2D eigenvalue weighted by Crippen LogP contribution is 2.30. The van der Waals surface area contributed by atoms with Crippen LogP contribution in [0.4, 0.5) is 11.4 Å². The van der Waals surface area contributed by atoms with Crippen LogP contribution in [0.25, 0.3) is 0 Å². The molecule has 1 atom stereocenters. The molecule has 0 bridgehead atoms. The molecule has 0 aliphatic heterocycles. The van der Waals surface area contributed by atoms with Crippen molar-refractivity contribution in [1.29, 1.82) is 0 Å². The molecule has 0 aliphatic rings. The van der Waals surface area contributed by atoms with Gasteiger partial charge in [-0.25, -0.2) is 0 Å². The van der Waals surface area contributed by atoms with E-state index in [0.717, 1.165) is 39.4 Å². The number of benzene rings is 3. The van der Waals surface area contributed by atoms with Gasteiger partial charge in [-0.05, 0) is 54.7 Å². The normalized spacial score (nSPS) is 11.6. The summed E-state index contributed by atoms with van der Waals surface area (Å²) >= 11 is 1.52. The lowest BCUT2D eigenvalue weighted by Crippen LogP contribution is -2.25. The minimum atomic E-state index is -0.227. The molecular formula is C27H30N2O2S. The molecule has 0 saturated carbocycles. The van der Waals surface area contributed by atoms with E-state index in [1.165, 1.54) is 11.8 Å². The molecule has 166 valence electrons. The van der Waals surface area contributed by atoms with Crippen LogP contribution in [-0.2, 0) is 22.4 Å². The van der Waals surface area contributed by atoms with Crippen molar-refractivity contribution >= 4 is 35.0 Å². The van der Waals surface area contributed by atoms with Crippen LogP contribution in [0.3, 0.4) is 0 Å². The number of rotatable bonds is 9. The fourth-order valence-electron chi connectivity index (χ4n) is 3.53. The van der Waals surface area contributed by atoms with Crippen molar-refractivity contribution in [3.63, 3.8) is 0 Å². The number of amides is 2. The van der Waals surface area contributed by atoms with Gasteiger partial charge in [-0.3, -0.25) is 9.59 Å². The Labute approximate surface area is 194 Å². The fourth-order valence-corrected chi connectivity index (χ4v) is 4.54. The first-order chi connectivity index (χ1) is 15.5. The van der Waals surface area contributed by atoms with Crippen LogP contribution in [0.15, 0.2) is 77.7 Å². The number of aryl methyl sites for hydroxylation is 2. The number of nitrogens with one attached hydrogen (secondary N) is 2. The van der Waals surface area contributed by atoms with E-state index in [0.29, 0.717) is 12.8 Å². The van der Waals surface area contributed by atoms with Gasteiger partial charge in [-0.15, -0.1) is 11.8 Å². The van der Waals surface area contributed by atoms with Crippen molar-refractivity contribution in [2.24, 2.45) is 0 Å². The standard InChI is InChI=1S/C27H30N2O2S/c1-4-21-14-9-11-19(3)26(21)29-27(31)24(5-2)32-23-16-10-15-22(18-23)28-25(30)17-20-12-7-6-8-13-20/h6-16,18,24H,4-5,17H2,1-3H3,(H,28,30)(H,29,31).